The van der Waals surface area contributed by atoms with E-state index in [-0.39, 0.29) is 23.9 Å². The summed E-state index contributed by atoms with van der Waals surface area (Å²) in [6, 6.07) is 6.31. The van der Waals surface area contributed by atoms with Gasteiger partial charge in [-0.2, -0.15) is 0 Å². The number of nitrogens with zero attached hydrogens (tertiary/aromatic N) is 2. The zero-order valence-electron chi connectivity index (χ0n) is 13.9. The van der Waals surface area contributed by atoms with Crippen LogP contribution in [0.15, 0.2) is 24.3 Å². The number of likely N-dealkylation sites (tertiary alicyclic amines) is 1. The van der Waals surface area contributed by atoms with Crippen LogP contribution in [0, 0.1) is 5.82 Å². The van der Waals surface area contributed by atoms with Crippen LogP contribution in [0.5, 0.6) is 0 Å². The van der Waals surface area contributed by atoms with E-state index in [1.807, 2.05) is 6.92 Å². The van der Waals surface area contributed by atoms with Crippen molar-refractivity contribution in [2.45, 2.75) is 44.1 Å². The third-order valence-electron chi connectivity index (χ3n) is 5.32. The smallest absolute Gasteiger partial charge is 0.244 e. The Morgan fingerprint density at radius 3 is 2.62 bits per heavy atom. The van der Waals surface area contributed by atoms with E-state index in [1.165, 1.54) is 6.07 Å². The van der Waals surface area contributed by atoms with Gasteiger partial charge in [0, 0.05) is 32.5 Å². The molecule has 2 atom stereocenters. The zero-order chi connectivity index (χ0) is 16.7. The third-order valence-corrected chi connectivity index (χ3v) is 5.32. The van der Waals surface area contributed by atoms with Crippen molar-refractivity contribution in [2.75, 3.05) is 31.1 Å². The van der Waals surface area contributed by atoms with Gasteiger partial charge >= 0.3 is 0 Å². The molecule has 0 bridgehead atoms. The molecule has 1 spiro atoms. The molecule has 24 heavy (non-hydrogen) atoms. The number of rotatable bonds is 2. The number of anilines is 1. The Hall–Kier alpha value is -1.50. The maximum absolute atomic E-state index is 14.0. The van der Waals surface area contributed by atoms with Gasteiger partial charge in [0.05, 0.1) is 24.4 Å². The van der Waals surface area contributed by atoms with E-state index in [9.17, 15) is 9.18 Å². The highest BCUT2D eigenvalue weighted by Gasteiger charge is 2.46. The number of benzene rings is 1. The first-order chi connectivity index (χ1) is 11.6. The summed E-state index contributed by atoms with van der Waals surface area (Å²) in [5.41, 5.74) is 0.384. The van der Waals surface area contributed by atoms with Crippen LogP contribution < -0.4 is 4.90 Å². The summed E-state index contributed by atoms with van der Waals surface area (Å²) in [6.45, 7) is 4.77. The Balaban J connectivity index is 1.42. The molecule has 3 saturated heterocycles. The molecule has 1 aromatic rings. The van der Waals surface area contributed by atoms with Crippen LogP contribution in [0.25, 0.3) is 0 Å². The Labute approximate surface area is 141 Å². The summed E-state index contributed by atoms with van der Waals surface area (Å²) in [5, 5.41) is 0. The fraction of sp³-hybridized carbons (Fsp3) is 0.611. The summed E-state index contributed by atoms with van der Waals surface area (Å²) < 4.78 is 25.8. The number of ether oxygens (including phenoxy) is 2. The highest BCUT2D eigenvalue weighted by molar-refractivity contribution is 5.99. The number of carbonyl (C=O) groups is 1. The molecule has 0 radical (unpaired) electrons. The lowest BCUT2D eigenvalue weighted by Gasteiger charge is -2.39. The van der Waals surface area contributed by atoms with Gasteiger partial charge in [0.25, 0.3) is 0 Å². The van der Waals surface area contributed by atoms with Gasteiger partial charge in [0.15, 0.2) is 5.79 Å². The lowest BCUT2D eigenvalue weighted by molar-refractivity contribution is -0.195. The second-order valence-corrected chi connectivity index (χ2v) is 6.93. The summed E-state index contributed by atoms with van der Waals surface area (Å²) >= 11 is 0. The molecule has 1 aromatic carbocycles. The van der Waals surface area contributed by atoms with E-state index in [1.54, 1.807) is 23.1 Å². The van der Waals surface area contributed by atoms with Crippen LogP contribution in [0.2, 0.25) is 0 Å². The summed E-state index contributed by atoms with van der Waals surface area (Å²) in [7, 11) is 0. The molecule has 3 heterocycles. The molecule has 6 heteroatoms. The number of para-hydroxylation sites is 1. The van der Waals surface area contributed by atoms with E-state index < -0.39 is 5.79 Å². The van der Waals surface area contributed by atoms with E-state index in [4.69, 9.17) is 9.47 Å². The zero-order valence-corrected chi connectivity index (χ0v) is 13.9. The molecular weight excluding hydrogens is 311 g/mol. The molecule has 0 aliphatic carbocycles. The Kier molecular flexibility index (Phi) is 4.06. The van der Waals surface area contributed by atoms with Gasteiger partial charge in [0.2, 0.25) is 5.91 Å². The lowest BCUT2D eigenvalue weighted by Crippen LogP contribution is -2.51. The molecule has 1 amide bonds. The third kappa shape index (κ3) is 2.72. The second kappa shape index (κ2) is 6.10. The molecule has 2 unspecified atom stereocenters. The average Bonchev–Trinajstić information content (AvgIpc) is 3.13. The highest BCUT2D eigenvalue weighted by atomic mass is 19.1. The molecule has 3 fully saturated rings. The molecule has 0 aromatic heterocycles. The number of hydrogen-bond acceptors (Lipinski definition) is 4. The van der Waals surface area contributed by atoms with E-state index in [0.29, 0.717) is 18.8 Å². The van der Waals surface area contributed by atoms with E-state index in [0.717, 1.165) is 32.4 Å². The topological polar surface area (TPSA) is 42.0 Å². The molecule has 3 aliphatic heterocycles. The van der Waals surface area contributed by atoms with Gasteiger partial charge in [-0.25, -0.2) is 4.39 Å². The van der Waals surface area contributed by atoms with Crippen molar-refractivity contribution in [3.8, 4) is 0 Å². The predicted octanol–water partition coefficient (Wildman–Crippen LogP) is 2.16. The molecule has 4 rings (SSSR count). The average molecular weight is 334 g/mol. The number of halogens is 1. The summed E-state index contributed by atoms with van der Waals surface area (Å²) in [5.74, 6) is -0.800. The van der Waals surface area contributed by atoms with Crippen LogP contribution in [-0.2, 0) is 14.3 Å². The minimum absolute atomic E-state index is 0.00215. The first-order valence-electron chi connectivity index (χ1n) is 8.70. The Morgan fingerprint density at radius 1 is 1.21 bits per heavy atom. The number of hydrogen-bond donors (Lipinski definition) is 0. The molecule has 130 valence electrons. The Morgan fingerprint density at radius 2 is 1.96 bits per heavy atom. The summed E-state index contributed by atoms with van der Waals surface area (Å²) in [6.07, 6.45) is 2.43. The van der Waals surface area contributed by atoms with Gasteiger partial charge in [-0.1, -0.05) is 12.1 Å². The Bertz CT molecular complexity index is 630. The van der Waals surface area contributed by atoms with E-state index in [2.05, 4.69) is 4.90 Å². The molecule has 0 saturated carbocycles. The van der Waals surface area contributed by atoms with Gasteiger partial charge in [-0.3, -0.25) is 9.69 Å². The van der Waals surface area contributed by atoms with Gasteiger partial charge in [0.1, 0.15) is 5.82 Å². The monoisotopic (exact) mass is 334 g/mol. The quantitative estimate of drug-likeness (QED) is 0.831. The minimum atomic E-state index is -0.456. The van der Waals surface area contributed by atoms with Crippen molar-refractivity contribution >= 4 is 11.6 Å². The summed E-state index contributed by atoms with van der Waals surface area (Å²) in [4.78, 5) is 16.6. The van der Waals surface area contributed by atoms with Crippen molar-refractivity contribution in [3.63, 3.8) is 0 Å². The predicted molar refractivity (Wildman–Crippen MR) is 87.2 cm³/mol. The standard InChI is InChI=1S/C18H23FN2O3/c1-13-12-23-18(24-13)7-10-20(11-8-18)16-6-9-21(17(16)22)15-5-3-2-4-14(15)19/h2-5,13,16H,6-12H2,1H3. The van der Waals surface area contributed by atoms with E-state index >= 15 is 0 Å². The molecule has 5 nitrogen and oxygen atoms in total. The number of carbonyl (C=O) groups excluding carboxylic acids is 1. The van der Waals surface area contributed by atoms with Crippen molar-refractivity contribution < 1.29 is 18.7 Å². The highest BCUT2D eigenvalue weighted by Crippen LogP contribution is 2.36. The molecular formula is C18H23FN2O3. The fourth-order valence-electron chi connectivity index (χ4n) is 4.06. The van der Waals surface area contributed by atoms with Crippen LogP contribution in [-0.4, -0.2) is 55.0 Å². The molecule has 0 N–H and O–H groups in total. The first kappa shape index (κ1) is 16.0. The van der Waals surface area contributed by atoms with Gasteiger partial charge < -0.3 is 14.4 Å². The minimum Gasteiger partial charge on any atom is -0.347 e. The number of piperidine rings is 1. The SMILES string of the molecule is CC1COC2(CCN(C3CCN(c4ccccc4F)C3=O)CC2)O1. The molecule has 3 aliphatic rings. The van der Waals surface area contributed by atoms with Crippen LogP contribution in [0.1, 0.15) is 26.2 Å². The van der Waals surface area contributed by atoms with Crippen molar-refractivity contribution in [2.24, 2.45) is 0 Å². The van der Waals surface area contributed by atoms with Crippen molar-refractivity contribution in [3.05, 3.63) is 30.1 Å². The van der Waals surface area contributed by atoms with Crippen LogP contribution >= 0.6 is 0 Å². The second-order valence-electron chi connectivity index (χ2n) is 6.93. The number of amides is 1. The van der Waals surface area contributed by atoms with Crippen molar-refractivity contribution in [1.29, 1.82) is 0 Å². The fourth-order valence-corrected chi connectivity index (χ4v) is 4.06. The van der Waals surface area contributed by atoms with Crippen molar-refractivity contribution in [1.82, 2.24) is 4.90 Å². The maximum Gasteiger partial charge on any atom is 0.244 e. The normalized spacial score (nSPS) is 30.4. The van der Waals surface area contributed by atoms with Crippen LogP contribution in [0.3, 0.4) is 0 Å². The largest absolute Gasteiger partial charge is 0.347 e. The van der Waals surface area contributed by atoms with Gasteiger partial charge in [-0.05, 0) is 25.5 Å². The van der Waals surface area contributed by atoms with Gasteiger partial charge in [-0.15, -0.1) is 0 Å². The first-order valence-corrected chi connectivity index (χ1v) is 8.70. The maximum atomic E-state index is 14.0. The van der Waals surface area contributed by atoms with Crippen LogP contribution in [0.4, 0.5) is 10.1 Å². The lowest BCUT2D eigenvalue weighted by atomic mass is 10.0.